The van der Waals surface area contributed by atoms with Crippen molar-refractivity contribution >= 4 is 18.8 Å². The first-order valence-electron chi connectivity index (χ1n) is 11.4. The number of nitrogens with one attached hydrogen (secondary N) is 2. The summed E-state index contributed by atoms with van der Waals surface area (Å²) in [5.41, 5.74) is 0.877. The van der Waals surface area contributed by atoms with Crippen LogP contribution in [0.4, 0.5) is 0 Å². The molecule has 0 saturated carbocycles. The average molecular weight is 520 g/mol. The van der Waals surface area contributed by atoms with Gasteiger partial charge in [-0.05, 0) is 56.7 Å². The lowest BCUT2D eigenvalue weighted by Crippen LogP contribution is -2.43. The summed E-state index contributed by atoms with van der Waals surface area (Å²) in [5.74, 6) is -0.381. The molecule has 4 aromatic rings. The number of aromatic nitrogens is 5. The van der Waals surface area contributed by atoms with E-state index in [1.165, 1.54) is 24.5 Å². The van der Waals surface area contributed by atoms with Crippen LogP contribution in [0.1, 0.15) is 36.7 Å². The van der Waals surface area contributed by atoms with Crippen molar-refractivity contribution in [2.24, 2.45) is 0 Å². The number of carbonyl (C=O) groups excluding carboxylic acids is 1. The Morgan fingerprint density at radius 3 is 2.43 bits per heavy atom. The van der Waals surface area contributed by atoms with Crippen LogP contribution in [0.2, 0.25) is 0 Å². The monoisotopic (exact) mass is 520 g/mol. The predicted octanol–water partition coefficient (Wildman–Crippen LogP) is 2.80. The molecule has 11 nitrogen and oxygen atoms in total. The fraction of sp³-hybridized carbons (Fsp3) is 0.200. The maximum absolute atomic E-state index is 12.9. The predicted molar refractivity (Wildman–Crippen MR) is 137 cm³/mol. The summed E-state index contributed by atoms with van der Waals surface area (Å²) in [5, 5.41) is 10.7. The van der Waals surface area contributed by atoms with E-state index in [0.717, 1.165) is 5.56 Å². The van der Waals surface area contributed by atoms with Crippen LogP contribution in [-0.2, 0) is 14.6 Å². The van der Waals surface area contributed by atoms with Gasteiger partial charge in [-0.15, -0.1) is 5.10 Å². The van der Waals surface area contributed by atoms with Gasteiger partial charge in [-0.25, -0.2) is 4.98 Å². The van der Waals surface area contributed by atoms with Crippen molar-refractivity contribution in [3.63, 3.8) is 0 Å². The highest BCUT2D eigenvalue weighted by atomic mass is 31.2. The zero-order valence-corrected chi connectivity index (χ0v) is 21.3. The number of carbonyl (C=O) groups is 1. The molecule has 1 aromatic carbocycles. The zero-order chi connectivity index (χ0) is 26.6. The van der Waals surface area contributed by atoms with Gasteiger partial charge in [0.05, 0.1) is 23.1 Å². The number of rotatable bonds is 8. The van der Waals surface area contributed by atoms with E-state index in [1.54, 1.807) is 57.3 Å². The smallest absolute Gasteiger partial charge is 0.343 e. The van der Waals surface area contributed by atoms with Gasteiger partial charge < -0.3 is 19.7 Å². The van der Waals surface area contributed by atoms with Crippen LogP contribution in [0.25, 0.3) is 22.8 Å². The van der Waals surface area contributed by atoms with Crippen LogP contribution >= 0.6 is 7.60 Å². The molecule has 1 amide bonds. The first-order valence-corrected chi connectivity index (χ1v) is 12.9. The Kier molecular flexibility index (Phi) is 7.40. The molecule has 0 saturated heterocycles. The van der Waals surface area contributed by atoms with Gasteiger partial charge in [0, 0.05) is 24.2 Å². The minimum atomic E-state index is -3.84. The number of pyridine rings is 1. The molecular formula is C25H25N6O5P. The maximum Gasteiger partial charge on any atom is 0.358 e. The Hall–Kier alpha value is -4.05. The number of benzene rings is 1. The molecule has 12 heteroatoms. The van der Waals surface area contributed by atoms with Crippen molar-refractivity contribution in [3.8, 4) is 22.8 Å². The molecule has 3 aromatic heterocycles. The normalized spacial score (nSPS) is 13.1. The summed E-state index contributed by atoms with van der Waals surface area (Å²) in [7, 11) is -3.84. The molecule has 0 aliphatic carbocycles. The lowest BCUT2D eigenvalue weighted by atomic mass is 9.95. The highest BCUT2D eigenvalue weighted by molar-refractivity contribution is 7.61. The maximum atomic E-state index is 12.9. The largest absolute Gasteiger partial charge is 0.358 e. The molecule has 0 bridgehead atoms. The van der Waals surface area contributed by atoms with Gasteiger partial charge in [-0.2, -0.15) is 5.10 Å². The molecule has 3 heterocycles. The van der Waals surface area contributed by atoms with Gasteiger partial charge in [0.15, 0.2) is 5.82 Å². The van der Waals surface area contributed by atoms with Gasteiger partial charge in [0.2, 0.25) is 0 Å². The van der Waals surface area contributed by atoms with Gasteiger partial charge in [-0.3, -0.25) is 19.1 Å². The molecule has 0 aliphatic rings. The Balaban J connectivity index is 1.48. The van der Waals surface area contributed by atoms with Crippen molar-refractivity contribution in [2.75, 3.05) is 6.61 Å². The quantitative estimate of drug-likeness (QED) is 0.297. The van der Waals surface area contributed by atoms with Crippen LogP contribution in [0, 0.1) is 0 Å². The molecule has 0 fully saturated rings. The molecule has 0 aliphatic heterocycles. The lowest BCUT2D eigenvalue weighted by Gasteiger charge is -2.26. The summed E-state index contributed by atoms with van der Waals surface area (Å²) in [6.45, 7) is 5.36. The molecule has 1 unspecified atom stereocenters. The Morgan fingerprint density at radius 2 is 1.84 bits per heavy atom. The summed E-state index contributed by atoms with van der Waals surface area (Å²) >= 11 is 0. The van der Waals surface area contributed by atoms with Crippen LogP contribution in [0.3, 0.4) is 0 Å². The molecule has 0 radical (unpaired) electrons. The zero-order valence-electron chi connectivity index (χ0n) is 20.4. The number of hydrogen-bond acceptors (Lipinski definition) is 8. The fourth-order valence-electron chi connectivity index (χ4n) is 3.54. The van der Waals surface area contributed by atoms with Crippen LogP contribution in [0.5, 0.6) is 0 Å². The van der Waals surface area contributed by atoms with Crippen molar-refractivity contribution in [1.29, 1.82) is 0 Å². The van der Waals surface area contributed by atoms with E-state index < -0.39 is 24.6 Å². The highest BCUT2D eigenvalue weighted by Gasteiger charge is 2.26. The van der Waals surface area contributed by atoms with Crippen molar-refractivity contribution in [1.82, 2.24) is 30.5 Å². The van der Waals surface area contributed by atoms with E-state index in [4.69, 9.17) is 4.52 Å². The van der Waals surface area contributed by atoms with E-state index in [0.29, 0.717) is 17.0 Å². The van der Waals surface area contributed by atoms with E-state index in [9.17, 15) is 19.0 Å². The summed E-state index contributed by atoms with van der Waals surface area (Å²) in [6.07, 6.45) is 4.33. The van der Waals surface area contributed by atoms with Crippen molar-refractivity contribution in [2.45, 2.75) is 26.3 Å². The lowest BCUT2D eigenvalue weighted by molar-refractivity contribution is 0.0910. The second-order valence-electron chi connectivity index (χ2n) is 8.58. The van der Waals surface area contributed by atoms with Crippen LogP contribution in [0.15, 0.2) is 71.9 Å². The highest BCUT2D eigenvalue weighted by Crippen LogP contribution is 2.40. The molecule has 1 atom stereocenters. The molecule has 4 rings (SSSR count). The van der Waals surface area contributed by atoms with E-state index >= 15 is 0 Å². The second-order valence-corrected chi connectivity index (χ2v) is 10.4. The third-order valence-electron chi connectivity index (χ3n) is 5.56. The Morgan fingerprint density at radius 1 is 1.08 bits per heavy atom. The van der Waals surface area contributed by atoms with Gasteiger partial charge in [0.1, 0.15) is 11.3 Å². The number of nitrogens with zero attached hydrogens (tertiary/aromatic N) is 4. The number of amides is 1. The van der Waals surface area contributed by atoms with E-state index in [2.05, 4.69) is 30.5 Å². The molecule has 37 heavy (non-hydrogen) atoms. The molecule has 3 N–H and O–H groups in total. The Labute approximate surface area is 212 Å². The number of hydrogen-bond donors (Lipinski definition) is 3. The van der Waals surface area contributed by atoms with Crippen molar-refractivity contribution in [3.05, 3.63) is 88.6 Å². The van der Waals surface area contributed by atoms with Gasteiger partial charge >= 0.3 is 7.60 Å². The molecule has 0 spiro atoms. The van der Waals surface area contributed by atoms with Crippen LogP contribution in [-0.4, -0.2) is 42.6 Å². The minimum Gasteiger partial charge on any atom is -0.343 e. The molecular weight excluding hydrogens is 495 g/mol. The Bertz CT molecular complexity index is 1510. The topological polar surface area (TPSA) is 160 Å². The summed E-state index contributed by atoms with van der Waals surface area (Å²) < 4.78 is 17.1. The summed E-state index contributed by atoms with van der Waals surface area (Å²) in [6, 6.07) is 13.4. The third kappa shape index (κ3) is 5.86. The van der Waals surface area contributed by atoms with E-state index in [-0.39, 0.29) is 23.3 Å². The second kappa shape index (κ2) is 10.5. The summed E-state index contributed by atoms with van der Waals surface area (Å²) in [4.78, 5) is 46.6. The number of aromatic amines is 1. The average Bonchev–Trinajstić information content (AvgIpc) is 2.89. The SMILES string of the molecule is CCOP(=O)(O)c1ccc(-c2ccc(C(C)(C)NC(=O)c3cnc(-c4cccnn4)[nH]c3=O)cn2)cc1. The van der Waals surface area contributed by atoms with Gasteiger partial charge in [-0.1, -0.05) is 18.2 Å². The minimum absolute atomic E-state index is 0.129. The standard InChI is InChI=1S/C25H25N6O5P/c1-4-36-37(34,35)18-10-7-16(8-11-18)20-12-9-17(14-26-20)25(2,3)30-24(33)19-15-27-22(29-23(19)32)21-6-5-13-28-31-21/h5-15H,4H2,1-3H3,(H,30,33)(H,34,35)(H,27,29,32). The third-order valence-corrected chi connectivity index (χ3v) is 7.12. The fourth-order valence-corrected chi connectivity index (χ4v) is 4.57. The van der Waals surface area contributed by atoms with Gasteiger partial charge in [0.25, 0.3) is 11.5 Å². The first kappa shape index (κ1) is 26.0. The number of H-pyrrole nitrogens is 1. The van der Waals surface area contributed by atoms with Crippen molar-refractivity contribution < 1.29 is 18.8 Å². The van der Waals surface area contributed by atoms with E-state index in [1.807, 2.05) is 6.07 Å². The first-order chi connectivity index (χ1) is 17.6. The molecule has 190 valence electrons. The van der Waals surface area contributed by atoms with Crippen LogP contribution < -0.4 is 16.2 Å².